The number of nitrogens with zero attached hydrogens (tertiary/aromatic N) is 2. The standard InChI is InChI=1S/C22H21N3O2S/c1-25(2)14-17(15-8-4-3-5-9-15)23-21(26)18-12-13-19(27-18)22-24-16-10-6-7-11-20(16)28-22/h3-13,17H,14H2,1-2H3,(H,23,26)/t17-/m1/s1. The molecule has 0 radical (unpaired) electrons. The van der Waals surface area contributed by atoms with Gasteiger partial charge < -0.3 is 14.6 Å². The number of para-hydroxylation sites is 1. The normalized spacial score (nSPS) is 12.4. The maximum Gasteiger partial charge on any atom is 0.287 e. The number of thiazole rings is 1. The largest absolute Gasteiger partial charge is 0.448 e. The Morgan fingerprint density at radius 3 is 2.57 bits per heavy atom. The average Bonchev–Trinajstić information content (AvgIpc) is 3.34. The molecule has 142 valence electrons. The van der Waals surface area contributed by atoms with Crippen LogP contribution in [0.4, 0.5) is 0 Å². The molecule has 0 aliphatic heterocycles. The van der Waals surface area contributed by atoms with Crippen molar-refractivity contribution in [2.45, 2.75) is 6.04 Å². The number of benzene rings is 2. The van der Waals surface area contributed by atoms with Gasteiger partial charge in [-0.05, 0) is 43.9 Å². The Hall–Kier alpha value is -2.96. The van der Waals surface area contributed by atoms with Gasteiger partial charge in [0, 0.05) is 6.54 Å². The molecule has 2 aromatic heterocycles. The molecule has 1 atom stereocenters. The Bertz CT molecular complexity index is 1050. The first-order valence-electron chi connectivity index (χ1n) is 9.06. The number of carbonyl (C=O) groups excluding carboxylic acids is 1. The van der Waals surface area contributed by atoms with Gasteiger partial charge in [-0.2, -0.15) is 0 Å². The lowest BCUT2D eigenvalue weighted by atomic mass is 10.1. The van der Waals surface area contributed by atoms with Gasteiger partial charge in [-0.1, -0.05) is 42.5 Å². The van der Waals surface area contributed by atoms with Gasteiger partial charge in [-0.25, -0.2) is 4.98 Å². The third-order valence-electron chi connectivity index (χ3n) is 4.39. The molecule has 0 aliphatic carbocycles. The summed E-state index contributed by atoms with van der Waals surface area (Å²) < 4.78 is 6.92. The van der Waals surface area contributed by atoms with Crippen molar-refractivity contribution in [3.63, 3.8) is 0 Å². The molecule has 0 aliphatic rings. The van der Waals surface area contributed by atoms with Gasteiger partial charge in [0.2, 0.25) is 0 Å². The molecule has 0 saturated carbocycles. The number of nitrogens with one attached hydrogen (secondary N) is 1. The quantitative estimate of drug-likeness (QED) is 0.522. The number of amides is 1. The molecule has 1 amide bonds. The minimum atomic E-state index is -0.233. The summed E-state index contributed by atoms with van der Waals surface area (Å²) in [4.78, 5) is 19.4. The van der Waals surface area contributed by atoms with Crippen molar-refractivity contribution < 1.29 is 9.21 Å². The van der Waals surface area contributed by atoms with Gasteiger partial charge in [0.05, 0.1) is 16.3 Å². The predicted molar refractivity (Wildman–Crippen MR) is 113 cm³/mol. The second kappa shape index (κ2) is 7.96. The molecule has 4 aromatic rings. The van der Waals surface area contributed by atoms with Gasteiger partial charge in [-0.3, -0.25) is 4.79 Å². The van der Waals surface area contributed by atoms with Crippen molar-refractivity contribution in [2.75, 3.05) is 20.6 Å². The van der Waals surface area contributed by atoms with Crippen LogP contribution in [0.15, 0.2) is 71.1 Å². The summed E-state index contributed by atoms with van der Waals surface area (Å²) in [6.07, 6.45) is 0. The molecule has 2 aromatic carbocycles. The second-order valence-corrected chi connectivity index (χ2v) is 7.88. The molecule has 0 spiro atoms. The van der Waals surface area contributed by atoms with E-state index in [9.17, 15) is 4.79 Å². The summed E-state index contributed by atoms with van der Waals surface area (Å²) in [5, 5.41) is 3.85. The zero-order valence-electron chi connectivity index (χ0n) is 15.8. The Morgan fingerprint density at radius 1 is 1.07 bits per heavy atom. The molecule has 28 heavy (non-hydrogen) atoms. The van der Waals surface area contributed by atoms with Gasteiger partial charge in [0.15, 0.2) is 16.5 Å². The first-order chi connectivity index (χ1) is 13.6. The lowest BCUT2D eigenvalue weighted by Gasteiger charge is -2.22. The third-order valence-corrected chi connectivity index (χ3v) is 5.44. The molecule has 0 bridgehead atoms. The number of fused-ring (bicyclic) bond motifs is 1. The maximum absolute atomic E-state index is 12.8. The van der Waals surface area contributed by atoms with Gasteiger partial charge in [-0.15, -0.1) is 11.3 Å². The number of aromatic nitrogens is 1. The van der Waals surface area contributed by atoms with E-state index in [4.69, 9.17) is 4.42 Å². The van der Waals surface area contributed by atoms with E-state index < -0.39 is 0 Å². The molecule has 6 heteroatoms. The zero-order chi connectivity index (χ0) is 19.5. The highest BCUT2D eigenvalue weighted by Crippen LogP contribution is 2.31. The topological polar surface area (TPSA) is 58.4 Å². The number of carbonyl (C=O) groups is 1. The highest BCUT2D eigenvalue weighted by molar-refractivity contribution is 7.21. The van der Waals surface area contributed by atoms with Crippen LogP contribution in [-0.4, -0.2) is 36.4 Å². The lowest BCUT2D eigenvalue weighted by molar-refractivity contribution is 0.0902. The summed E-state index contributed by atoms with van der Waals surface area (Å²) in [5.74, 6) is 0.659. The number of furan rings is 1. The van der Waals surface area contributed by atoms with Crippen molar-refractivity contribution in [3.8, 4) is 10.8 Å². The Balaban J connectivity index is 1.54. The van der Waals surface area contributed by atoms with E-state index in [0.29, 0.717) is 12.3 Å². The van der Waals surface area contributed by atoms with Crippen LogP contribution >= 0.6 is 11.3 Å². The highest BCUT2D eigenvalue weighted by atomic mass is 32.1. The van der Waals surface area contributed by atoms with Crippen molar-refractivity contribution >= 4 is 27.5 Å². The van der Waals surface area contributed by atoms with Crippen LogP contribution in [0, 0.1) is 0 Å². The SMILES string of the molecule is CN(C)C[C@@H](NC(=O)c1ccc(-c2nc3ccccc3s2)o1)c1ccccc1. The van der Waals surface area contributed by atoms with Crippen LogP contribution in [0.2, 0.25) is 0 Å². The lowest BCUT2D eigenvalue weighted by Crippen LogP contribution is -2.35. The van der Waals surface area contributed by atoms with Crippen LogP contribution in [0.3, 0.4) is 0 Å². The average molecular weight is 391 g/mol. The fourth-order valence-electron chi connectivity index (χ4n) is 3.07. The maximum atomic E-state index is 12.8. The summed E-state index contributed by atoms with van der Waals surface area (Å²) in [6.45, 7) is 0.696. The molecule has 0 unspecified atom stereocenters. The van der Waals surface area contributed by atoms with E-state index in [0.717, 1.165) is 20.8 Å². The van der Waals surface area contributed by atoms with Crippen molar-refractivity contribution in [3.05, 3.63) is 78.1 Å². The van der Waals surface area contributed by atoms with Gasteiger partial charge >= 0.3 is 0 Å². The van der Waals surface area contributed by atoms with E-state index in [1.807, 2.05) is 73.6 Å². The van der Waals surface area contributed by atoms with Crippen molar-refractivity contribution in [2.24, 2.45) is 0 Å². The highest BCUT2D eigenvalue weighted by Gasteiger charge is 2.20. The number of hydrogen-bond donors (Lipinski definition) is 1. The predicted octanol–water partition coefficient (Wildman–Crippen LogP) is 4.59. The fraction of sp³-hybridized carbons (Fsp3) is 0.182. The van der Waals surface area contributed by atoms with Gasteiger partial charge in [0.1, 0.15) is 0 Å². The van der Waals surface area contributed by atoms with Crippen LogP contribution in [0.1, 0.15) is 22.2 Å². The summed E-state index contributed by atoms with van der Waals surface area (Å²) in [6, 6.07) is 21.3. The van der Waals surface area contributed by atoms with E-state index in [-0.39, 0.29) is 17.7 Å². The fourth-order valence-corrected chi connectivity index (χ4v) is 3.99. The minimum Gasteiger partial charge on any atom is -0.448 e. The van der Waals surface area contributed by atoms with E-state index in [2.05, 4.69) is 10.3 Å². The van der Waals surface area contributed by atoms with Crippen molar-refractivity contribution in [1.82, 2.24) is 15.2 Å². The molecule has 0 saturated heterocycles. The van der Waals surface area contributed by atoms with Crippen LogP contribution in [0.25, 0.3) is 21.0 Å². The smallest absolute Gasteiger partial charge is 0.287 e. The molecule has 4 rings (SSSR count). The molecular formula is C22H21N3O2S. The van der Waals surface area contributed by atoms with Crippen molar-refractivity contribution in [1.29, 1.82) is 0 Å². The second-order valence-electron chi connectivity index (χ2n) is 6.85. The Morgan fingerprint density at radius 2 is 1.82 bits per heavy atom. The monoisotopic (exact) mass is 391 g/mol. The molecule has 0 fully saturated rings. The third kappa shape index (κ3) is 3.98. The first kappa shape index (κ1) is 18.4. The van der Waals surface area contributed by atoms with E-state index in [1.54, 1.807) is 23.5 Å². The molecule has 5 nitrogen and oxygen atoms in total. The zero-order valence-corrected chi connectivity index (χ0v) is 16.6. The summed E-state index contributed by atoms with van der Waals surface area (Å²) in [7, 11) is 3.97. The number of hydrogen-bond acceptors (Lipinski definition) is 5. The first-order valence-corrected chi connectivity index (χ1v) is 9.88. The summed E-state index contributed by atoms with van der Waals surface area (Å²) in [5.41, 5.74) is 1.99. The molecular weight excluding hydrogens is 370 g/mol. The Kier molecular flexibility index (Phi) is 5.23. The van der Waals surface area contributed by atoms with Crippen LogP contribution < -0.4 is 5.32 Å². The van der Waals surface area contributed by atoms with E-state index >= 15 is 0 Å². The van der Waals surface area contributed by atoms with Crippen LogP contribution in [0.5, 0.6) is 0 Å². The van der Waals surface area contributed by atoms with Gasteiger partial charge in [0.25, 0.3) is 5.91 Å². The number of rotatable bonds is 6. The van der Waals surface area contributed by atoms with Crippen LogP contribution in [-0.2, 0) is 0 Å². The van der Waals surface area contributed by atoms with E-state index in [1.165, 1.54) is 0 Å². The summed E-state index contributed by atoms with van der Waals surface area (Å²) >= 11 is 1.55. The molecule has 2 heterocycles. The Labute approximate surface area is 167 Å². The minimum absolute atomic E-state index is 0.125. The molecule has 1 N–H and O–H groups in total. The number of likely N-dealkylation sites (N-methyl/N-ethyl adjacent to an activating group) is 1.